The molecule has 0 radical (unpaired) electrons. The molecular weight excluding hydrogens is 309 g/mol. The molecule has 4 rings (SSSR count). The molecule has 0 aromatic heterocycles. The van der Waals surface area contributed by atoms with Crippen LogP contribution in [0.1, 0.15) is 29.9 Å². The van der Waals surface area contributed by atoms with Gasteiger partial charge in [0, 0.05) is 5.92 Å². The Morgan fingerprint density at radius 1 is 1.04 bits per heavy atom. The predicted molar refractivity (Wildman–Crippen MR) is 86.3 cm³/mol. The number of carbonyl (C=O) groups is 2. The minimum atomic E-state index is -1.50. The minimum absolute atomic E-state index is 0.0561. The minimum Gasteiger partial charge on any atom is -0.449 e. The molecule has 1 amide bonds. The van der Waals surface area contributed by atoms with Crippen LogP contribution in [0, 0.1) is 0 Å². The van der Waals surface area contributed by atoms with Crippen LogP contribution in [0.4, 0.5) is 9.18 Å². The van der Waals surface area contributed by atoms with Gasteiger partial charge in [0.1, 0.15) is 12.1 Å². The quantitative estimate of drug-likeness (QED) is 0.875. The summed E-state index contributed by atoms with van der Waals surface area (Å²) in [6.45, 7) is 0.149. The number of hydrogen-bond acceptors (Lipinski definition) is 3. The molecule has 0 aliphatic heterocycles. The monoisotopic (exact) mass is 325 g/mol. The normalized spacial score (nSPS) is 16.9. The van der Waals surface area contributed by atoms with Crippen molar-refractivity contribution in [1.82, 2.24) is 5.32 Å². The molecule has 0 bridgehead atoms. The van der Waals surface area contributed by atoms with Crippen molar-refractivity contribution in [2.45, 2.75) is 24.3 Å². The summed E-state index contributed by atoms with van der Waals surface area (Å²) in [5.74, 6) is -0.0561. The van der Waals surface area contributed by atoms with E-state index in [-0.39, 0.29) is 12.5 Å². The van der Waals surface area contributed by atoms with E-state index in [0.29, 0.717) is 12.8 Å². The Kier molecular flexibility index (Phi) is 3.37. The van der Waals surface area contributed by atoms with Crippen LogP contribution in [0.25, 0.3) is 11.1 Å². The molecule has 24 heavy (non-hydrogen) atoms. The van der Waals surface area contributed by atoms with E-state index in [1.807, 2.05) is 36.4 Å². The first-order valence-electron chi connectivity index (χ1n) is 7.94. The first kappa shape index (κ1) is 14.9. The molecule has 1 fully saturated rings. The van der Waals surface area contributed by atoms with Crippen molar-refractivity contribution in [2.75, 3.05) is 6.61 Å². The molecule has 0 saturated heterocycles. The Morgan fingerprint density at radius 2 is 1.58 bits per heavy atom. The zero-order chi connectivity index (χ0) is 16.7. The van der Waals surface area contributed by atoms with Gasteiger partial charge in [-0.15, -0.1) is 0 Å². The van der Waals surface area contributed by atoms with Crippen LogP contribution in [0.3, 0.4) is 0 Å². The molecule has 2 aliphatic rings. The van der Waals surface area contributed by atoms with Gasteiger partial charge in [-0.25, -0.2) is 4.79 Å². The molecule has 1 saturated carbocycles. The number of rotatable bonds is 4. The summed E-state index contributed by atoms with van der Waals surface area (Å²) in [5, 5.41) is 2.35. The van der Waals surface area contributed by atoms with Crippen LogP contribution in [0.15, 0.2) is 48.5 Å². The lowest BCUT2D eigenvalue weighted by Gasteiger charge is -2.16. The van der Waals surface area contributed by atoms with Crippen LogP contribution in [-0.4, -0.2) is 24.3 Å². The van der Waals surface area contributed by atoms with Gasteiger partial charge < -0.3 is 10.1 Å². The van der Waals surface area contributed by atoms with E-state index in [9.17, 15) is 14.0 Å². The number of ether oxygens (including phenoxy) is 1. The number of hydrogen-bond donors (Lipinski definition) is 1. The Bertz CT molecular complexity index is 783. The fourth-order valence-electron chi connectivity index (χ4n) is 3.33. The molecule has 0 spiro atoms. The molecule has 2 aromatic carbocycles. The SMILES string of the molecule is O=C(NC1(C(=O)F)CC1)OCC1c2ccccc2-c2ccccc21. The average Bonchev–Trinajstić information content (AvgIpc) is 3.30. The van der Waals surface area contributed by atoms with E-state index in [4.69, 9.17) is 4.74 Å². The third kappa shape index (κ3) is 2.37. The van der Waals surface area contributed by atoms with Crippen LogP contribution in [0.5, 0.6) is 0 Å². The maximum atomic E-state index is 12.9. The second-order valence-corrected chi connectivity index (χ2v) is 6.31. The van der Waals surface area contributed by atoms with Crippen molar-refractivity contribution in [2.24, 2.45) is 0 Å². The lowest BCUT2D eigenvalue weighted by atomic mass is 9.98. The van der Waals surface area contributed by atoms with Gasteiger partial charge in [-0.3, -0.25) is 4.79 Å². The molecule has 0 atom stereocenters. The molecular formula is C19H16FNO3. The lowest BCUT2D eigenvalue weighted by Crippen LogP contribution is -2.42. The van der Waals surface area contributed by atoms with Gasteiger partial charge in [0.25, 0.3) is 0 Å². The highest BCUT2D eigenvalue weighted by molar-refractivity contribution is 5.88. The standard InChI is InChI=1S/C19H16FNO3/c20-17(22)19(9-10-19)21-18(23)24-11-16-14-7-3-1-5-12(14)13-6-2-4-8-15(13)16/h1-8,16H,9-11H2,(H,21,23). The number of halogens is 1. The zero-order valence-electron chi connectivity index (χ0n) is 12.9. The van der Waals surface area contributed by atoms with Crippen LogP contribution in [0.2, 0.25) is 0 Å². The van der Waals surface area contributed by atoms with E-state index in [1.54, 1.807) is 0 Å². The molecule has 0 unspecified atom stereocenters. The Hall–Kier alpha value is -2.69. The summed E-state index contributed by atoms with van der Waals surface area (Å²) >= 11 is 0. The van der Waals surface area contributed by atoms with E-state index in [0.717, 1.165) is 22.3 Å². The molecule has 5 heteroatoms. The van der Waals surface area contributed by atoms with E-state index >= 15 is 0 Å². The Morgan fingerprint density at radius 3 is 2.08 bits per heavy atom. The van der Waals surface area contributed by atoms with Gasteiger partial charge in [0.15, 0.2) is 0 Å². The number of alkyl carbamates (subject to hydrolysis) is 1. The van der Waals surface area contributed by atoms with E-state index in [2.05, 4.69) is 17.4 Å². The number of nitrogens with one attached hydrogen (secondary N) is 1. The van der Waals surface area contributed by atoms with Crippen molar-refractivity contribution in [3.8, 4) is 11.1 Å². The van der Waals surface area contributed by atoms with Crippen LogP contribution >= 0.6 is 0 Å². The summed E-state index contributed by atoms with van der Waals surface area (Å²) < 4.78 is 18.2. The Labute approximate surface area is 138 Å². The number of benzene rings is 2. The predicted octanol–water partition coefficient (Wildman–Crippen LogP) is 3.55. The fourth-order valence-corrected chi connectivity index (χ4v) is 3.33. The van der Waals surface area contributed by atoms with Gasteiger partial charge in [0.2, 0.25) is 0 Å². The van der Waals surface area contributed by atoms with Gasteiger partial charge in [-0.2, -0.15) is 4.39 Å². The second kappa shape index (κ2) is 5.44. The fraction of sp³-hybridized carbons (Fsp3) is 0.263. The number of fused-ring (bicyclic) bond motifs is 3. The zero-order valence-corrected chi connectivity index (χ0v) is 12.9. The van der Waals surface area contributed by atoms with Gasteiger partial charge in [0.05, 0.1) is 0 Å². The molecule has 1 N–H and O–H groups in total. The number of carbonyl (C=O) groups excluding carboxylic acids is 2. The van der Waals surface area contributed by atoms with Crippen LogP contribution < -0.4 is 5.32 Å². The highest BCUT2D eigenvalue weighted by atomic mass is 19.1. The highest BCUT2D eigenvalue weighted by Gasteiger charge is 2.52. The molecule has 122 valence electrons. The molecule has 2 aliphatic carbocycles. The summed E-state index contributed by atoms with van der Waals surface area (Å²) in [6, 6.07) is 14.5. The first-order chi connectivity index (χ1) is 11.6. The average molecular weight is 325 g/mol. The van der Waals surface area contributed by atoms with Crippen molar-refractivity contribution in [3.05, 3.63) is 59.7 Å². The third-order valence-electron chi connectivity index (χ3n) is 4.81. The van der Waals surface area contributed by atoms with Crippen molar-refractivity contribution < 1.29 is 18.7 Å². The third-order valence-corrected chi connectivity index (χ3v) is 4.81. The summed E-state index contributed by atoms with van der Waals surface area (Å²) in [5.41, 5.74) is 3.14. The van der Waals surface area contributed by atoms with Crippen molar-refractivity contribution in [3.63, 3.8) is 0 Å². The largest absolute Gasteiger partial charge is 0.449 e. The number of amides is 1. The second-order valence-electron chi connectivity index (χ2n) is 6.31. The van der Waals surface area contributed by atoms with Gasteiger partial charge in [-0.05, 0) is 35.1 Å². The van der Waals surface area contributed by atoms with E-state index in [1.165, 1.54) is 0 Å². The molecule has 4 nitrogen and oxygen atoms in total. The molecule has 2 aromatic rings. The van der Waals surface area contributed by atoms with Gasteiger partial charge >= 0.3 is 12.1 Å². The van der Waals surface area contributed by atoms with Gasteiger partial charge in [-0.1, -0.05) is 48.5 Å². The lowest BCUT2D eigenvalue weighted by molar-refractivity contribution is -0.132. The Balaban J connectivity index is 1.51. The van der Waals surface area contributed by atoms with Crippen LogP contribution in [-0.2, 0) is 9.53 Å². The summed E-state index contributed by atoms with van der Waals surface area (Å²) in [7, 11) is 0. The maximum Gasteiger partial charge on any atom is 0.408 e. The van der Waals surface area contributed by atoms with Crippen molar-refractivity contribution in [1.29, 1.82) is 0 Å². The summed E-state index contributed by atoms with van der Waals surface area (Å²) in [4.78, 5) is 22.8. The summed E-state index contributed by atoms with van der Waals surface area (Å²) in [6.07, 6.45) is -0.0978. The van der Waals surface area contributed by atoms with Crippen molar-refractivity contribution >= 4 is 12.1 Å². The maximum absolute atomic E-state index is 12.9. The highest BCUT2D eigenvalue weighted by Crippen LogP contribution is 2.44. The van der Waals surface area contributed by atoms with E-state index < -0.39 is 17.7 Å². The first-order valence-corrected chi connectivity index (χ1v) is 7.94. The topological polar surface area (TPSA) is 55.4 Å². The smallest absolute Gasteiger partial charge is 0.408 e. The molecule has 0 heterocycles.